The van der Waals surface area contributed by atoms with Gasteiger partial charge < -0.3 is 10.4 Å². The highest BCUT2D eigenvalue weighted by molar-refractivity contribution is 5.96. The van der Waals surface area contributed by atoms with Crippen molar-refractivity contribution in [3.05, 3.63) is 65.2 Å². The molecule has 4 heteroatoms. The van der Waals surface area contributed by atoms with Crippen molar-refractivity contribution in [1.29, 1.82) is 0 Å². The number of phenolic OH excluding ortho intramolecular Hbond substituents is 1. The van der Waals surface area contributed by atoms with Gasteiger partial charge >= 0.3 is 0 Å². The highest BCUT2D eigenvalue weighted by atomic mass is 16.3. The molecule has 0 aliphatic carbocycles. The summed E-state index contributed by atoms with van der Waals surface area (Å²) in [4.78, 5) is 14.9. The zero-order valence-electron chi connectivity index (χ0n) is 14.0. The van der Waals surface area contributed by atoms with Gasteiger partial charge in [-0.3, -0.25) is 9.69 Å². The van der Waals surface area contributed by atoms with Gasteiger partial charge in [-0.05, 0) is 55.6 Å². The third-order valence-corrected chi connectivity index (χ3v) is 4.54. The van der Waals surface area contributed by atoms with E-state index in [1.54, 1.807) is 18.2 Å². The lowest BCUT2D eigenvalue weighted by Crippen LogP contribution is -2.47. The van der Waals surface area contributed by atoms with Crippen LogP contribution < -0.4 is 5.32 Å². The van der Waals surface area contributed by atoms with Crippen LogP contribution in [0.1, 0.15) is 34.3 Å². The molecule has 0 aromatic heterocycles. The molecule has 0 spiro atoms. The Bertz CT molecular complexity index is 700. The fraction of sp³-hybridized carbons (Fsp3) is 0.350. The monoisotopic (exact) mass is 324 g/mol. The van der Waals surface area contributed by atoms with Crippen LogP contribution in [-0.4, -0.2) is 35.0 Å². The summed E-state index contributed by atoms with van der Waals surface area (Å²) in [5.74, 6) is 0.134. The summed E-state index contributed by atoms with van der Waals surface area (Å²) in [5, 5.41) is 12.6. The molecule has 2 N–H and O–H groups in total. The number of carbonyl (C=O) groups excluding carboxylic acids is 1. The molecule has 4 nitrogen and oxygen atoms in total. The van der Waals surface area contributed by atoms with Crippen molar-refractivity contribution >= 4 is 5.91 Å². The Morgan fingerprint density at radius 3 is 2.79 bits per heavy atom. The maximum atomic E-state index is 12.5. The second-order valence-electron chi connectivity index (χ2n) is 6.53. The topological polar surface area (TPSA) is 52.6 Å². The number of nitrogens with one attached hydrogen (secondary N) is 1. The largest absolute Gasteiger partial charge is 0.508 e. The summed E-state index contributed by atoms with van der Waals surface area (Å²) in [6, 6.07) is 15.5. The Labute approximate surface area is 143 Å². The van der Waals surface area contributed by atoms with E-state index in [0.29, 0.717) is 5.56 Å². The molecule has 1 fully saturated rings. The van der Waals surface area contributed by atoms with Crippen molar-refractivity contribution in [2.45, 2.75) is 32.4 Å². The van der Waals surface area contributed by atoms with Crippen LogP contribution in [0.3, 0.4) is 0 Å². The number of hydrogen-bond acceptors (Lipinski definition) is 3. The standard InChI is InChI=1S/C20H24N2O2/c1-15-12-18(23)9-10-19(15)20(24)21-17-8-5-11-22(14-17)13-16-6-3-2-4-7-16/h2-4,6-7,9-10,12,17,23H,5,8,11,13-14H2,1H3,(H,21,24). The average Bonchev–Trinajstić information content (AvgIpc) is 2.56. The van der Waals surface area contributed by atoms with E-state index < -0.39 is 0 Å². The van der Waals surface area contributed by atoms with Crippen LogP contribution >= 0.6 is 0 Å². The minimum atomic E-state index is -0.0564. The lowest BCUT2D eigenvalue weighted by atomic mass is 10.0. The van der Waals surface area contributed by atoms with Gasteiger partial charge in [0.2, 0.25) is 0 Å². The van der Waals surface area contributed by atoms with Gasteiger partial charge in [0.1, 0.15) is 5.75 Å². The molecule has 126 valence electrons. The number of piperidine rings is 1. The molecule has 2 aromatic rings. The molecule has 2 aromatic carbocycles. The van der Waals surface area contributed by atoms with Crippen molar-refractivity contribution < 1.29 is 9.90 Å². The molecule has 1 amide bonds. The molecular formula is C20H24N2O2. The number of likely N-dealkylation sites (tertiary alicyclic amines) is 1. The smallest absolute Gasteiger partial charge is 0.251 e. The minimum absolute atomic E-state index is 0.0564. The average molecular weight is 324 g/mol. The molecule has 1 atom stereocenters. The maximum Gasteiger partial charge on any atom is 0.251 e. The highest BCUT2D eigenvalue weighted by Crippen LogP contribution is 2.17. The van der Waals surface area contributed by atoms with Crippen LogP contribution in [-0.2, 0) is 6.54 Å². The zero-order valence-corrected chi connectivity index (χ0v) is 14.0. The molecule has 24 heavy (non-hydrogen) atoms. The number of phenols is 1. The Kier molecular flexibility index (Phi) is 5.16. The fourth-order valence-electron chi connectivity index (χ4n) is 3.32. The van der Waals surface area contributed by atoms with E-state index >= 15 is 0 Å². The molecule has 0 saturated carbocycles. The summed E-state index contributed by atoms with van der Waals surface area (Å²) in [6.45, 7) is 4.71. The van der Waals surface area contributed by atoms with Gasteiger partial charge in [-0.15, -0.1) is 0 Å². The first-order chi connectivity index (χ1) is 11.6. The van der Waals surface area contributed by atoms with Gasteiger partial charge in [0, 0.05) is 24.7 Å². The Morgan fingerprint density at radius 2 is 2.04 bits per heavy atom. The molecule has 3 rings (SSSR count). The van der Waals surface area contributed by atoms with Crippen LogP contribution in [0.4, 0.5) is 0 Å². The second kappa shape index (κ2) is 7.49. The highest BCUT2D eigenvalue weighted by Gasteiger charge is 2.22. The molecule has 1 aliphatic rings. The predicted octanol–water partition coefficient (Wildman–Crippen LogP) is 3.10. The van der Waals surface area contributed by atoms with Gasteiger partial charge in [0.05, 0.1) is 0 Å². The van der Waals surface area contributed by atoms with Crippen molar-refractivity contribution in [3.63, 3.8) is 0 Å². The number of amides is 1. The maximum absolute atomic E-state index is 12.5. The van der Waals surface area contributed by atoms with E-state index in [-0.39, 0.29) is 17.7 Å². The number of hydrogen-bond donors (Lipinski definition) is 2. The van der Waals surface area contributed by atoms with Gasteiger partial charge in [0.15, 0.2) is 0 Å². The summed E-state index contributed by atoms with van der Waals surface area (Å²) in [6.07, 6.45) is 2.10. The first kappa shape index (κ1) is 16.5. The predicted molar refractivity (Wildman–Crippen MR) is 95.1 cm³/mol. The Balaban J connectivity index is 1.59. The SMILES string of the molecule is Cc1cc(O)ccc1C(=O)NC1CCCN(Cc2ccccc2)C1. The third kappa shape index (κ3) is 4.15. The molecular weight excluding hydrogens is 300 g/mol. The number of rotatable bonds is 4. The number of aryl methyl sites for hydroxylation is 1. The molecule has 1 heterocycles. The summed E-state index contributed by atoms with van der Waals surface area (Å²) in [7, 11) is 0. The summed E-state index contributed by atoms with van der Waals surface area (Å²) in [5.41, 5.74) is 2.73. The van der Waals surface area contributed by atoms with Crippen LogP contribution in [0.2, 0.25) is 0 Å². The molecule has 1 saturated heterocycles. The quantitative estimate of drug-likeness (QED) is 0.909. The zero-order chi connectivity index (χ0) is 16.9. The van der Waals surface area contributed by atoms with E-state index in [4.69, 9.17) is 0 Å². The summed E-state index contributed by atoms with van der Waals surface area (Å²) < 4.78 is 0. The van der Waals surface area contributed by atoms with E-state index in [9.17, 15) is 9.90 Å². The first-order valence-corrected chi connectivity index (χ1v) is 8.48. The van der Waals surface area contributed by atoms with Crippen molar-refractivity contribution in [2.75, 3.05) is 13.1 Å². The molecule has 1 aliphatic heterocycles. The van der Waals surface area contributed by atoms with Gasteiger partial charge in [-0.1, -0.05) is 30.3 Å². The van der Waals surface area contributed by atoms with Gasteiger partial charge in [0.25, 0.3) is 5.91 Å². The van der Waals surface area contributed by atoms with E-state index in [2.05, 4.69) is 34.5 Å². The van der Waals surface area contributed by atoms with Crippen LogP contribution in [0, 0.1) is 6.92 Å². The summed E-state index contributed by atoms with van der Waals surface area (Å²) >= 11 is 0. The van der Waals surface area contributed by atoms with Crippen molar-refractivity contribution in [1.82, 2.24) is 10.2 Å². The van der Waals surface area contributed by atoms with E-state index in [1.165, 1.54) is 5.56 Å². The number of nitrogens with zero attached hydrogens (tertiary/aromatic N) is 1. The van der Waals surface area contributed by atoms with Crippen LogP contribution in [0.25, 0.3) is 0 Å². The molecule has 1 unspecified atom stereocenters. The molecule has 0 radical (unpaired) electrons. The van der Waals surface area contributed by atoms with E-state index in [0.717, 1.165) is 38.0 Å². The normalized spacial score (nSPS) is 18.3. The fourth-order valence-corrected chi connectivity index (χ4v) is 3.32. The number of benzene rings is 2. The Morgan fingerprint density at radius 1 is 1.25 bits per heavy atom. The van der Waals surface area contributed by atoms with Crippen LogP contribution in [0.5, 0.6) is 5.75 Å². The Hall–Kier alpha value is -2.33. The number of aromatic hydroxyl groups is 1. The first-order valence-electron chi connectivity index (χ1n) is 8.48. The van der Waals surface area contributed by atoms with Crippen LogP contribution in [0.15, 0.2) is 48.5 Å². The van der Waals surface area contributed by atoms with Gasteiger partial charge in [-0.2, -0.15) is 0 Å². The minimum Gasteiger partial charge on any atom is -0.508 e. The second-order valence-corrected chi connectivity index (χ2v) is 6.53. The van der Waals surface area contributed by atoms with E-state index in [1.807, 2.05) is 13.0 Å². The number of carbonyl (C=O) groups is 1. The van der Waals surface area contributed by atoms with Crippen molar-refractivity contribution in [3.8, 4) is 5.75 Å². The molecule has 0 bridgehead atoms. The van der Waals surface area contributed by atoms with Gasteiger partial charge in [-0.25, -0.2) is 0 Å². The third-order valence-electron chi connectivity index (χ3n) is 4.54. The van der Waals surface area contributed by atoms with Crippen molar-refractivity contribution in [2.24, 2.45) is 0 Å². The lowest BCUT2D eigenvalue weighted by Gasteiger charge is -2.33. The lowest BCUT2D eigenvalue weighted by molar-refractivity contribution is 0.0900.